The molecule has 0 bridgehead atoms. The first-order chi connectivity index (χ1) is 12.9. The minimum Gasteiger partial charge on any atom is -0.319 e. The van der Waals surface area contributed by atoms with Gasteiger partial charge in [0.15, 0.2) is 0 Å². The number of nitro groups is 1. The number of nitrogens with one attached hydrogen (secondary N) is 1. The number of aromatic nitrogens is 2. The molecule has 136 valence electrons. The highest BCUT2D eigenvalue weighted by Gasteiger charge is 2.38. The van der Waals surface area contributed by atoms with Crippen LogP contribution in [0.5, 0.6) is 0 Å². The van der Waals surface area contributed by atoms with Crippen LogP contribution in [0.15, 0.2) is 48.7 Å². The number of ketones is 1. The zero-order chi connectivity index (χ0) is 19.6. The summed E-state index contributed by atoms with van der Waals surface area (Å²) in [6.07, 6.45) is 1.15. The average Bonchev–Trinajstić information content (AvgIpc) is 2.64. The van der Waals surface area contributed by atoms with E-state index in [1.165, 1.54) is 0 Å². The number of amides is 1. The summed E-state index contributed by atoms with van der Waals surface area (Å²) >= 11 is 0. The number of aryl methyl sites for hydroxylation is 2. The smallest absolute Gasteiger partial charge is 0.319 e. The zero-order valence-corrected chi connectivity index (χ0v) is 14.7. The number of benzene rings is 2. The molecule has 27 heavy (non-hydrogen) atoms. The fourth-order valence-electron chi connectivity index (χ4n) is 2.58. The predicted octanol–water partition coefficient (Wildman–Crippen LogP) is 2.77. The minimum absolute atomic E-state index is 0.182. The minimum atomic E-state index is -1.92. The van der Waals surface area contributed by atoms with Gasteiger partial charge in [-0.05, 0) is 49.2 Å². The number of carbonyl (C=O) groups excluding carboxylic acids is 2. The van der Waals surface area contributed by atoms with Gasteiger partial charge in [0.05, 0.1) is 17.2 Å². The third kappa shape index (κ3) is 3.79. The van der Waals surface area contributed by atoms with Crippen LogP contribution in [0.25, 0.3) is 11.0 Å². The maximum Gasteiger partial charge on any atom is 0.322 e. The van der Waals surface area contributed by atoms with Gasteiger partial charge in [0.1, 0.15) is 5.69 Å². The summed E-state index contributed by atoms with van der Waals surface area (Å²) < 4.78 is 0. The Kier molecular flexibility index (Phi) is 4.89. The lowest BCUT2D eigenvalue weighted by Crippen LogP contribution is -2.33. The van der Waals surface area contributed by atoms with Crippen molar-refractivity contribution in [3.63, 3.8) is 0 Å². The van der Waals surface area contributed by atoms with Crippen molar-refractivity contribution in [1.82, 2.24) is 9.97 Å². The molecule has 0 aliphatic heterocycles. The Bertz CT molecular complexity index is 1060. The molecule has 3 aromatic rings. The van der Waals surface area contributed by atoms with Gasteiger partial charge in [0, 0.05) is 10.6 Å². The molecule has 1 atom stereocenters. The van der Waals surface area contributed by atoms with Gasteiger partial charge in [-0.15, -0.1) is 0 Å². The first-order valence-corrected chi connectivity index (χ1v) is 8.14. The van der Waals surface area contributed by atoms with Crippen molar-refractivity contribution in [2.45, 2.75) is 19.9 Å². The van der Waals surface area contributed by atoms with Crippen molar-refractivity contribution in [3.05, 3.63) is 75.6 Å². The molecule has 1 amide bonds. The molecule has 0 saturated heterocycles. The highest BCUT2D eigenvalue weighted by atomic mass is 16.6. The van der Waals surface area contributed by atoms with Gasteiger partial charge in [-0.3, -0.25) is 24.7 Å². The molecule has 0 fully saturated rings. The van der Waals surface area contributed by atoms with E-state index in [-0.39, 0.29) is 5.69 Å². The lowest BCUT2D eigenvalue weighted by atomic mass is 10.1. The van der Waals surface area contributed by atoms with Gasteiger partial charge < -0.3 is 5.32 Å². The number of hydrogen-bond donors (Lipinski definition) is 1. The van der Waals surface area contributed by atoms with E-state index in [0.717, 1.165) is 17.3 Å². The molecule has 1 N–H and O–H groups in total. The Morgan fingerprint density at radius 1 is 1.07 bits per heavy atom. The van der Waals surface area contributed by atoms with Crippen LogP contribution in [-0.2, 0) is 9.59 Å². The van der Waals surface area contributed by atoms with E-state index in [0.29, 0.717) is 16.7 Å². The fourth-order valence-corrected chi connectivity index (χ4v) is 2.58. The highest BCUT2D eigenvalue weighted by Crippen LogP contribution is 2.20. The highest BCUT2D eigenvalue weighted by molar-refractivity contribution is 6.42. The molecule has 8 nitrogen and oxygen atoms in total. The number of para-hydroxylation sites is 2. The van der Waals surface area contributed by atoms with Gasteiger partial charge >= 0.3 is 6.04 Å². The van der Waals surface area contributed by atoms with E-state index in [4.69, 9.17) is 0 Å². The maximum absolute atomic E-state index is 12.5. The molecule has 8 heteroatoms. The van der Waals surface area contributed by atoms with Crippen LogP contribution in [0.2, 0.25) is 0 Å². The second kappa shape index (κ2) is 7.28. The number of hydrogen-bond acceptors (Lipinski definition) is 6. The van der Waals surface area contributed by atoms with Crippen molar-refractivity contribution in [3.8, 4) is 0 Å². The average molecular weight is 364 g/mol. The van der Waals surface area contributed by atoms with Gasteiger partial charge in [-0.25, -0.2) is 4.98 Å². The largest absolute Gasteiger partial charge is 0.322 e. The van der Waals surface area contributed by atoms with Gasteiger partial charge in [-0.2, -0.15) is 0 Å². The van der Waals surface area contributed by atoms with E-state index in [9.17, 15) is 19.7 Å². The lowest BCUT2D eigenvalue weighted by Gasteiger charge is -2.10. The van der Waals surface area contributed by atoms with Crippen LogP contribution in [0.3, 0.4) is 0 Å². The van der Waals surface area contributed by atoms with E-state index in [2.05, 4.69) is 15.3 Å². The Morgan fingerprint density at radius 2 is 1.78 bits per heavy atom. The van der Waals surface area contributed by atoms with Crippen LogP contribution >= 0.6 is 0 Å². The Balaban J connectivity index is 1.88. The van der Waals surface area contributed by atoms with Gasteiger partial charge in [-0.1, -0.05) is 18.2 Å². The third-order valence-electron chi connectivity index (χ3n) is 4.20. The van der Waals surface area contributed by atoms with Crippen LogP contribution in [-0.4, -0.2) is 26.6 Å². The molecule has 0 saturated carbocycles. The molecule has 3 rings (SSSR count). The summed E-state index contributed by atoms with van der Waals surface area (Å²) in [5.41, 5.74) is 3.10. The van der Waals surface area contributed by atoms with Gasteiger partial charge in [0.25, 0.3) is 11.7 Å². The summed E-state index contributed by atoms with van der Waals surface area (Å²) in [4.78, 5) is 43.6. The molecule has 0 aliphatic rings. The maximum atomic E-state index is 12.5. The van der Waals surface area contributed by atoms with Crippen LogP contribution < -0.4 is 5.32 Å². The molecular weight excluding hydrogens is 348 g/mol. The Labute approximate surface area is 154 Å². The Morgan fingerprint density at radius 3 is 2.44 bits per heavy atom. The van der Waals surface area contributed by atoms with Crippen molar-refractivity contribution < 1.29 is 14.5 Å². The van der Waals surface area contributed by atoms with Crippen molar-refractivity contribution in [1.29, 1.82) is 0 Å². The molecule has 1 aromatic heterocycles. The molecule has 0 spiro atoms. The number of anilines is 1. The number of rotatable bonds is 5. The topological polar surface area (TPSA) is 115 Å². The van der Waals surface area contributed by atoms with Crippen molar-refractivity contribution in [2.75, 3.05) is 5.32 Å². The zero-order valence-electron chi connectivity index (χ0n) is 14.7. The molecule has 0 aliphatic carbocycles. The number of fused-ring (bicyclic) bond motifs is 1. The second-order valence-corrected chi connectivity index (χ2v) is 6.09. The molecule has 1 heterocycles. The van der Waals surface area contributed by atoms with E-state index >= 15 is 0 Å². The van der Waals surface area contributed by atoms with E-state index < -0.39 is 22.7 Å². The number of carbonyl (C=O) groups is 2. The fraction of sp³-hybridized carbons (Fsp3) is 0.158. The van der Waals surface area contributed by atoms with Crippen LogP contribution in [0, 0.1) is 24.0 Å². The monoisotopic (exact) mass is 364 g/mol. The summed E-state index contributed by atoms with van der Waals surface area (Å²) in [5.74, 6) is -2.28. The summed E-state index contributed by atoms with van der Waals surface area (Å²) in [7, 11) is 0. The number of nitrogens with zero attached hydrogens (tertiary/aromatic N) is 3. The third-order valence-corrected chi connectivity index (χ3v) is 4.20. The van der Waals surface area contributed by atoms with Crippen molar-refractivity contribution >= 4 is 28.4 Å². The molecule has 0 radical (unpaired) electrons. The SMILES string of the molecule is Cc1ccc(NC(=O)C(=O)[C@@H](c2cnc3ccccc3n2)[N+](=O)[O-])cc1C. The first kappa shape index (κ1) is 18.1. The van der Waals surface area contributed by atoms with Crippen LogP contribution in [0.4, 0.5) is 5.69 Å². The normalized spacial score (nSPS) is 11.8. The molecule has 2 aromatic carbocycles. The van der Waals surface area contributed by atoms with Crippen LogP contribution in [0.1, 0.15) is 22.9 Å². The van der Waals surface area contributed by atoms with Crippen molar-refractivity contribution in [2.24, 2.45) is 0 Å². The Hall–Kier alpha value is -3.68. The quantitative estimate of drug-likeness (QED) is 0.423. The number of Topliss-reactive ketones (excluding diaryl/α,β-unsaturated/α-hetero) is 1. The van der Waals surface area contributed by atoms with E-state index in [1.807, 2.05) is 13.8 Å². The predicted molar refractivity (Wildman–Crippen MR) is 98.8 cm³/mol. The standard InChI is InChI=1S/C19H16N4O4/c1-11-7-8-13(9-12(11)2)21-19(25)18(24)17(23(26)27)16-10-20-14-5-3-4-6-15(14)22-16/h3-10,17H,1-2H3,(H,21,25)/t17-/m1/s1. The summed E-state index contributed by atoms with van der Waals surface area (Å²) in [6.45, 7) is 3.77. The van der Waals surface area contributed by atoms with Gasteiger partial charge in [0.2, 0.25) is 0 Å². The molecule has 0 unspecified atom stereocenters. The molecular formula is C19H16N4O4. The van der Waals surface area contributed by atoms with E-state index in [1.54, 1.807) is 42.5 Å². The summed E-state index contributed by atoms with van der Waals surface area (Å²) in [6, 6.07) is 9.97. The summed E-state index contributed by atoms with van der Waals surface area (Å²) in [5, 5.41) is 13.9. The first-order valence-electron chi connectivity index (χ1n) is 8.14. The lowest BCUT2D eigenvalue weighted by molar-refractivity contribution is -0.513. The second-order valence-electron chi connectivity index (χ2n) is 6.09.